The van der Waals surface area contributed by atoms with E-state index in [9.17, 15) is 41.0 Å². The van der Waals surface area contributed by atoms with Gasteiger partial charge < -0.3 is 19.9 Å². The molecule has 0 spiro atoms. The summed E-state index contributed by atoms with van der Waals surface area (Å²) in [5.41, 5.74) is -0.121. The van der Waals surface area contributed by atoms with Crippen molar-refractivity contribution < 1.29 is 50.5 Å². The van der Waals surface area contributed by atoms with E-state index in [4.69, 9.17) is 9.47 Å². The monoisotopic (exact) mass is 749 g/mol. The predicted octanol–water partition coefficient (Wildman–Crippen LogP) is 7.46. The summed E-state index contributed by atoms with van der Waals surface area (Å²) >= 11 is 0. The molecule has 14 heteroatoms. The highest BCUT2D eigenvalue weighted by Gasteiger charge is 2.61. The number of hydrogen-bond donors (Lipinski definition) is 2. The van der Waals surface area contributed by atoms with Crippen LogP contribution in [0.1, 0.15) is 49.7 Å². The van der Waals surface area contributed by atoms with Crippen molar-refractivity contribution >= 4 is 22.6 Å². The van der Waals surface area contributed by atoms with Gasteiger partial charge in [0.2, 0.25) is 5.91 Å². The molecule has 1 aliphatic carbocycles. The van der Waals surface area contributed by atoms with Crippen LogP contribution < -0.4 is 14.8 Å². The highest BCUT2D eigenvalue weighted by molar-refractivity contribution is 6.01. The fourth-order valence-corrected chi connectivity index (χ4v) is 8.74. The Morgan fingerprint density at radius 3 is 2.09 bits per heavy atom. The number of methoxy groups -OCH3 is 2. The summed E-state index contributed by atoms with van der Waals surface area (Å²) in [6, 6.07) is 12.8. The summed E-state index contributed by atoms with van der Waals surface area (Å²) in [5.74, 6) is -0.485. The van der Waals surface area contributed by atoms with Crippen LogP contribution in [0.4, 0.5) is 26.3 Å². The number of ether oxygens (including phenoxy) is 2. The Morgan fingerprint density at radius 1 is 0.868 bits per heavy atom. The molecule has 3 atom stereocenters. The number of piperidine rings is 1. The zero-order chi connectivity index (χ0) is 38.1. The first-order valence-corrected chi connectivity index (χ1v) is 18.0. The number of carbonyl (C=O) groups is 2. The number of halogens is 6. The van der Waals surface area contributed by atoms with Crippen LogP contribution in [0.3, 0.4) is 0 Å². The molecule has 0 aromatic heterocycles. The van der Waals surface area contributed by atoms with E-state index in [1.165, 1.54) is 25.7 Å². The average Bonchev–Trinajstić information content (AvgIpc) is 3.52. The smallest absolute Gasteiger partial charge is 0.403 e. The summed E-state index contributed by atoms with van der Waals surface area (Å²) in [6.07, 6.45) is -6.87. The van der Waals surface area contributed by atoms with Crippen molar-refractivity contribution in [1.82, 2.24) is 15.1 Å². The number of aliphatic carboxylic acids is 1. The SMILES string of the molecule is COc1ccc(CN2CC3CCCCC3C2)c(OC)c1-c1cccc2c(C[C@H](NC(=O)C3(C(F)(F)F)CCN(CC(F)(F)F)CC3)C(=O)O)cccc12. The normalized spacial score (nSPS) is 21.6. The molecule has 2 heterocycles. The number of nitrogens with zero attached hydrogens (tertiary/aromatic N) is 2. The molecule has 3 fully saturated rings. The number of amides is 1. The minimum Gasteiger partial charge on any atom is -0.496 e. The van der Waals surface area contributed by atoms with Gasteiger partial charge in [0.25, 0.3) is 0 Å². The molecule has 288 valence electrons. The molecular weight excluding hydrogens is 704 g/mol. The molecule has 2 unspecified atom stereocenters. The van der Waals surface area contributed by atoms with E-state index in [0.29, 0.717) is 51.8 Å². The van der Waals surface area contributed by atoms with Gasteiger partial charge in [-0.05, 0) is 78.6 Å². The van der Waals surface area contributed by atoms with E-state index in [2.05, 4.69) is 10.2 Å². The van der Waals surface area contributed by atoms with Gasteiger partial charge in [0, 0.05) is 31.6 Å². The van der Waals surface area contributed by atoms with Crippen molar-refractivity contribution in [3.63, 3.8) is 0 Å². The Morgan fingerprint density at radius 2 is 1.51 bits per heavy atom. The van der Waals surface area contributed by atoms with Crippen LogP contribution in [0, 0.1) is 17.3 Å². The van der Waals surface area contributed by atoms with Gasteiger partial charge in [0.15, 0.2) is 0 Å². The molecule has 2 aliphatic heterocycles. The van der Waals surface area contributed by atoms with Crippen molar-refractivity contribution in [2.75, 3.05) is 46.9 Å². The first kappa shape index (κ1) is 38.7. The largest absolute Gasteiger partial charge is 0.496 e. The highest BCUT2D eigenvalue weighted by Crippen LogP contribution is 2.48. The van der Waals surface area contributed by atoms with Crippen LogP contribution >= 0.6 is 0 Å². The van der Waals surface area contributed by atoms with Crippen LogP contribution in [-0.4, -0.2) is 92.1 Å². The molecule has 6 rings (SSSR count). The molecule has 3 aliphatic rings. The molecule has 0 radical (unpaired) electrons. The Labute approximate surface area is 304 Å². The van der Waals surface area contributed by atoms with Crippen LogP contribution in [0.5, 0.6) is 11.5 Å². The molecule has 53 heavy (non-hydrogen) atoms. The van der Waals surface area contributed by atoms with Gasteiger partial charge in [-0.3, -0.25) is 14.6 Å². The van der Waals surface area contributed by atoms with Crippen molar-refractivity contribution in [2.45, 2.75) is 69.9 Å². The summed E-state index contributed by atoms with van der Waals surface area (Å²) in [4.78, 5) is 29.1. The Kier molecular flexibility index (Phi) is 11.2. The number of carbonyl (C=O) groups excluding carboxylic acids is 1. The van der Waals surface area contributed by atoms with Crippen molar-refractivity contribution in [3.05, 3.63) is 59.7 Å². The first-order valence-electron chi connectivity index (χ1n) is 18.0. The average molecular weight is 750 g/mol. The molecule has 3 aromatic carbocycles. The zero-order valence-electron chi connectivity index (χ0n) is 29.8. The quantitative estimate of drug-likeness (QED) is 0.197. The predicted molar refractivity (Wildman–Crippen MR) is 187 cm³/mol. The number of rotatable bonds is 11. The zero-order valence-corrected chi connectivity index (χ0v) is 29.8. The van der Waals surface area contributed by atoms with Crippen molar-refractivity contribution in [2.24, 2.45) is 17.3 Å². The lowest BCUT2D eigenvalue weighted by atomic mass is 9.76. The lowest BCUT2D eigenvalue weighted by Crippen LogP contribution is -2.59. The van der Waals surface area contributed by atoms with Gasteiger partial charge in [-0.1, -0.05) is 55.3 Å². The number of carboxylic acids is 1. The lowest BCUT2D eigenvalue weighted by molar-refractivity contribution is -0.236. The van der Waals surface area contributed by atoms with Crippen LogP contribution in [0.25, 0.3) is 21.9 Å². The maximum absolute atomic E-state index is 14.5. The number of alkyl halides is 6. The molecular formula is C39H45F6N3O5. The minimum atomic E-state index is -5.11. The number of nitrogens with one attached hydrogen (secondary N) is 1. The molecule has 0 bridgehead atoms. The first-order chi connectivity index (χ1) is 25.1. The van der Waals surface area contributed by atoms with Gasteiger partial charge in [-0.2, -0.15) is 26.3 Å². The second-order valence-corrected chi connectivity index (χ2v) is 14.7. The fourth-order valence-electron chi connectivity index (χ4n) is 8.74. The van der Waals surface area contributed by atoms with Crippen LogP contribution in [-0.2, 0) is 22.6 Å². The van der Waals surface area contributed by atoms with Crippen LogP contribution in [0.15, 0.2) is 48.5 Å². The summed E-state index contributed by atoms with van der Waals surface area (Å²) in [6.45, 7) is 0.129. The van der Waals surface area contributed by atoms with Crippen molar-refractivity contribution in [3.8, 4) is 22.6 Å². The topological polar surface area (TPSA) is 91.3 Å². The van der Waals surface area contributed by atoms with E-state index in [0.717, 1.165) is 29.1 Å². The summed E-state index contributed by atoms with van der Waals surface area (Å²) in [7, 11) is 3.17. The third kappa shape index (κ3) is 8.08. The Hall–Kier alpha value is -4.04. The second-order valence-electron chi connectivity index (χ2n) is 14.7. The lowest BCUT2D eigenvalue weighted by Gasteiger charge is -2.42. The number of hydrogen-bond acceptors (Lipinski definition) is 6. The number of likely N-dealkylation sites (tertiary alicyclic amines) is 2. The van der Waals surface area contributed by atoms with E-state index in [1.807, 2.05) is 24.3 Å². The van der Waals surface area contributed by atoms with E-state index in [1.54, 1.807) is 38.5 Å². The van der Waals surface area contributed by atoms with Gasteiger partial charge >= 0.3 is 18.3 Å². The molecule has 8 nitrogen and oxygen atoms in total. The van der Waals surface area contributed by atoms with Gasteiger partial charge in [-0.15, -0.1) is 0 Å². The number of fused-ring (bicyclic) bond motifs is 2. The van der Waals surface area contributed by atoms with E-state index < -0.39 is 68.2 Å². The molecule has 2 saturated heterocycles. The third-order valence-electron chi connectivity index (χ3n) is 11.5. The van der Waals surface area contributed by atoms with Gasteiger partial charge in [0.05, 0.1) is 26.3 Å². The minimum absolute atomic E-state index is 0.346. The third-order valence-corrected chi connectivity index (χ3v) is 11.5. The molecule has 2 N–H and O–H groups in total. The maximum atomic E-state index is 14.5. The standard InChI is InChI=1S/C39H45F6N3O5/c1-52-32-14-13-27(22-48-20-25-7-3-4-8-26(25)21-48)34(53-2)33(32)30-12-6-10-28-24(9-5-11-29(28)30)19-31(35(49)50)46-36(51)37(39(43,44)45)15-17-47(18-16-37)23-38(40,41)42/h5-6,9-14,25-26,31H,3-4,7-8,15-23H2,1-2H3,(H,46,51)(H,49,50)/t25?,26?,31-/m0/s1. The Bertz CT molecular complexity index is 1790. The molecule has 1 amide bonds. The van der Waals surface area contributed by atoms with Crippen molar-refractivity contribution in [1.29, 1.82) is 0 Å². The van der Waals surface area contributed by atoms with E-state index >= 15 is 0 Å². The van der Waals surface area contributed by atoms with Crippen LogP contribution in [0.2, 0.25) is 0 Å². The van der Waals surface area contributed by atoms with Gasteiger partial charge in [0.1, 0.15) is 23.0 Å². The van der Waals surface area contributed by atoms with E-state index in [-0.39, 0.29) is 6.42 Å². The Balaban J connectivity index is 1.28. The second kappa shape index (κ2) is 15.4. The fraction of sp³-hybridized carbons (Fsp3) is 0.538. The molecule has 1 saturated carbocycles. The number of benzene rings is 3. The summed E-state index contributed by atoms with van der Waals surface area (Å²) < 4.78 is 94.0. The number of carboxylic acid groups (broad SMARTS) is 1. The summed E-state index contributed by atoms with van der Waals surface area (Å²) in [5, 5.41) is 13.6. The molecule has 3 aromatic rings. The maximum Gasteiger partial charge on any atom is 0.403 e. The van der Waals surface area contributed by atoms with Gasteiger partial charge in [-0.25, -0.2) is 4.79 Å². The highest BCUT2D eigenvalue weighted by atomic mass is 19.4.